The van der Waals surface area contributed by atoms with Crippen molar-refractivity contribution in [2.75, 3.05) is 0 Å². The molecule has 2 nitrogen and oxygen atoms in total. The molecule has 1 aromatic carbocycles. The Morgan fingerprint density at radius 1 is 1.53 bits per heavy atom. The molecule has 3 heteroatoms. The molecule has 1 N–H and O–H groups in total. The molecule has 0 radical (unpaired) electrons. The van der Waals surface area contributed by atoms with Crippen molar-refractivity contribution in [2.24, 2.45) is 5.92 Å². The maximum atomic E-state index is 11.0. The van der Waals surface area contributed by atoms with Gasteiger partial charge in [0.15, 0.2) is 0 Å². The minimum Gasteiger partial charge on any atom is -0.481 e. The summed E-state index contributed by atoms with van der Waals surface area (Å²) >= 11 is 5.96. The average molecular weight is 223 g/mol. The molecule has 1 aromatic rings. The lowest BCUT2D eigenvalue weighted by molar-refractivity contribution is -0.139. The number of aliphatic carboxylic acids is 1. The maximum absolute atomic E-state index is 11.0. The van der Waals surface area contributed by atoms with Crippen molar-refractivity contribution in [3.63, 3.8) is 0 Å². The summed E-state index contributed by atoms with van der Waals surface area (Å²) in [7, 11) is 0. The highest BCUT2D eigenvalue weighted by molar-refractivity contribution is 6.30. The van der Waals surface area contributed by atoms with Gasteiger partial charge in [-0.25, -0.2) is 0 Å². The van der Waals surface area contributed by atoms with E-state index in [0.29, 0.717) is 5.02 Å². The molecule has 0 heterocycles. The van der Waals surface area contributed by atoms with Gasteiger partial charge < -0.3 is 5.11 Å². The zero-order valence-corrected chi connectivity index (χ0v) is 8.92. The average Bonchev–Trinajstić information content (AvgIpc) is 2.81. The van der Waals surface area contributed by atoms with Gasteiger partial charge in [0, 0.05) is 10.4 Å². The highest BCUT2D eigenvalue weighted by Gasteiger charge is 2.61. The number of fused-ring (bicyclic) bond motifs is 2. The largest absolute Gasteiger partial charge is 0.481 e. The van der Waals surface area contributed by atoms with E-state index < -0.39 is 5.97 Å². The summed E-state index contributed by atoms with van der Waals surface area (Å²) in [5, 5.41) is 9.75. The minimum atomic E-state index is -0.664. The SMILES string of the molecule is O=C(O)[C@@H]1C[C@]12CCc1ccc(Cl)cc12. The molecule has 0 aromatic heterocycles. The molecule has 1 fully saturated rings. The van der Waals surface area contributed by atoms with Crippen LogP contribution in [-0.4, -0.2) is 11.1 Å². The van der Waals surface area contributed by atoms with Crippen LogP contribution in [0.15, 0.2) is 18.2 Å². The number of hydrogen-bond acceptors (Lipinski definition) is 1. The van der Waals surface area contributed by atoms with Crippen LogP contribution in [0.5, 0.6) is 0 Å². The zero-order valence-electron chi connectivity index (χ0n) is 8.16. The number of carboxylic acids is 1. The molecule has 0 saturated heterocycles. The van der Waals surface area contributed by atoms with Crippen LogP contribution in [0.4, 0.5) is 0 Å². The van der Waals surface area contributed by atoms with Crippen LogP contribution in [0.1, 0.15) is 24.0 Å². The van der Waals surface area contributed by atoms with Gasteiger partial charge in [-0.15, -0.1) is 0 Å². The Labute approximate surface area is 92.9 Å². The van der Waals surface area contributed by atoms with Crippen LogP contribution in [0.3, 0.4) is 0 Å². The summed E-state index contributed by atoms with van der Waals surface area (Å²) in [6.07, 6.45) is 2.76. The first-order chi connectivity index (χ1) is 7.13. The molecule has 2 atom stereocenters. The molecule has 0 amide bonds. The van der Waals surface area contributed by atoms with Gasteiger partial charge in [-0.05, 0) is 42.5 Å². The molecule has 1 saturated carbocycles. The summed E-state index contributed by atoms with van der Waals surface area (Å²) < 4.78 is 0. The van der Waals surface area contributed by atoms with Crippen molar-refractivity contribution in [1.29, 1.82) is 0 Å². The van der Waals surface area contributed by atoms with E-state index >= 15 is 0 Å². The summed E-state index contributed by atoms with van der Waals surface area (Å²) in [4.78, 5) is 11.0. The number of halogens is 1. The van der Waals surface area contributed by atoms with Crippen LogP contribution in [0, 0.1) is 5.92 Å². The van der Waals surface area contributed by atoms with E-state index in [4.69, 9.17) is 16.7 Å². The van der Waals surface area contributed by atoms with E-state index in [0.717, 1.165) is 19.3 Å². The second kappa shape index (κ2) is 2.76. The first-order valence-electron chi connectivity index (χ1n) is 5.15. The van der Waals surface area contributed by atoms with Crippen LogP contribution in [-0.2, 0) is 16.6 Å². The zero-order chi connectivity index (χ0) is 10.6. The van der Waals surface area contributed by atoms with Gasteiger partial charge in [0.1, 0.15) is 0 Å². The summed E-state index contributed by atoms with van der Waals surface area (Å²) in [5.41, 5.74) is 2.39. The highest BCUT2D eigenvalue weighted by Crippen LogP contribution is 2.61. The molecular weight excluding hydrogens is 212 g/mol. The third kappa shape index (κ3) is 1.14. The molecule has 2 aliphatic carbocycles. The number of hydrogen-bond donors (Lipinski definition) is 1. The molecule has 15 heavy (non-hydrogen) atoms. The Bertz CT molecular complexity index is 455. The first kappa shape index (κ1) is 9.22. The Balaban J connectivity index is 2.06. The standard InChI is InChI=1S/C12H11ClO2/c13-8-2-1-7-3-4-12(9(7)5-8)6-10(12)11(14)15/h1-2,5,10H,3-4,6H2,(H,14,15)/t10-,12-/m0/s1. The summed E-state index contributed by atoms with van der Waals surface area (Å²) in [6, 6.07) is 5.87. The minimum absolute atomic E-state index is 0.0773. The molecular formula is C12H11ClO2. The molecule has 3 rings (SSSR count). The lowest BCUT2D eigenvalue weighted by atomic mass is 9.95. The van der Waals surface area contributed by atoms with Crippen molar-refractivity contribution < 1.29 is 9.90 Å². The van der Waals surface area contributed by atoms with Crippen molar-refractivity contribution in [2.45, 2.75) is 24.7 Å². The molecule has 0 aliphatic heterocycles. The number of carbonyl (C=O) groups is 1. The highest BCUT2D eigenvalue weighted by atomic mass is 35.5. The fourth-order valence-corrected chi connectivity index (χ4v) is 3.10. The van der Waals surface area contributed by atoms with E-state index in [2.05, 4.69) is 0 Å². The van der Waals surface area contributed by atoms with Crippen molar-refractivity contribution in [3.05, 3.63) is 34.3 Å². The topological polar surface area (TPSA) is 37.3 Å². The van der Waals surface area contributed by atoms with E-state index in [9.17, 15) is 4.79 Å². The van der Waals surface area contributed by atoms with E-state index in [-0.39, 0.29) is 11.3 Å². The predicted molar refractivity (Wildman–Crippen MR) is 57.2 cm³/mol. The number of rotatable bonds is 1. The Kier molecular flexibility index (Phi) is 1.70. The summed E-state index contributed by atoms with van der Waals surface area (Å²) in [6.45, 7) is 0. The van der Waals surface area contributed by atoms with Gasteiger partial charge in [0.05, 0.1) is 5.92 Å². The van der Waals surface area contributed by atoms with Gasteiger partial charge in [-0.2, -0.15) is 0 Å². The first-order valence-corrected chi connectivity index (χ1v) is 5.53. The van der Waals surface area contributed by atoms with Crippen molar-refractivity contribution in [3.8, 4) is 0 Å². The monoisotopic (exact) mass is 222 g/mol. The Hall–Kier alpha value is -1.02. The fourth-order valence-electron chi connectivity index (χ4n) is 2.93. The molecule has 0 unspecified atom stereocenters. The smallest absolute Gasteiger partial charge is 0.307 e. The van der Waals surface area contributed by atoms with Crippen LogP contribution in [0.25, 0.3) is 0 Å². The summed E-state index contributed by atoms with van der Waals surface area (Å²) in [5.74, 6) is -0.847. The lowest BCUT2D eigenvalue weighted by Crippen LogP contribution is -2.11. The molecule has 78 valence electrons. The maximum Gasteiger partial charge on any atom is 0.307 e. The van der Waals surface area contributed by atoms with Gasteiger partial charge in [0.2, 0.25) is 0 Å². The second-order valence-electron chi connectivity index (χ2n) is 4.55. The lowest BCUT2D eigenvalue weighted by Gasteiger charge is -2.09. The number of aryl methyl sites for hydroxylation is 1. The predicted octanol–water partition coefficient (Wildman–Crippen LogP) is 2.63. The molecule has 2 aliphatic rings. The number of carboxylic acid groups (broad SMARTS) is 1. The normalized spacial score (nSPS) is 31.7. The fraction of sp³-hybridized carbons (Fsp3) is 0.417. The molecule has 0 bridgehead atoms. The van der Waals surface area contributed by atoms with Crippen LogP contribution < -0.4 is 0 Å². The van der Waals surface area contributed by atoms with E-state index in [1.54, 1.807) is 0 Å². The van der Waals surface area contributed by atoms with Gasteiger partial charge in [-0.1, -0.05) is 17.7 Å². The number of benzene rings is 1. The van der Waals surface area contributed by atoms with Crippen molar-refractivity contribution >= 4 is 17.6 Å². The third-order valence-corrected chi connectivity index (χ3v) is 4.06. The third-order valence-electron chi connectivity index (χ3n) is 3.82. The second-order valence-corrected chi connectivity index (χ2v) is 4.99. The van der Waals surface area contributed by atoms with Gasteiger partial charge in [0.25, 0.3) is 0 Å². The van der Waals surface area contributed by atoms with E-state index in [1.165, 1.54) is 11.1 Å². The Morgan fingerprint density at radius 2 is 2.33 bits per heavy atom. The van der Waals surface area contributed by atoms with Gasteiger partial charge >= 0.3 is 5.97 Å². The van der Waals surface area contributed by atoms with Crippen LogP contribution >= 0.6 is 11.6 Å². The van der Waals surface area contributed by atoms with Gasteiger partial charge in [-0.3, -0.25) is 4.79 Å². The quantitative estimate of drug-likeness (QED) is 0.793. The van der Waals surface area contributed by atoms with Crippen LogP contribution in [0.2, 0.25) is 5.02 Å². The van der Waals surface area contributed by atoms with E-state index in [1.807, 2.05) is 18.2 Å². The Morgan fingerprint density at radius 3 is 3.00 bits per heavy atom. The molecule has 1 spiro atoms. The van der Waals surface area contributed by atoms with Crippen molar-refractivity contribution in [1.82, 2.24) is 0 Å².